The van der Waals surface area contributed by atoms with Crippen LogP contribution in [0.1, 0.15) is 23.4 Å². The maximum Gasteiger partial charge on any atom is 0.226 e. The molecule has 0 amide bonds. The molecule has 0 N–H and O–H groups in total. The van der Waals surface area contributed by atoms with Crippen molar-refractivity contribution in [1.29, 1.82) is 0 Å². The van der Waals surface area contributed by atoms with Crippen LogP contribution in [-0.2, 0) is 13.0 Å². The van der Waals surface area contributed by atoms with Crippen molar-refractivity contribution in [3.8, 4) is 11.5 Å². The van der Waals surface area contributed by atoms with Gasteiger partial charge in [0.1, 0.15) is 5.76 Å². The average molecular weight is 318 g/mol. The van der Waals surface area contributed by atoms with Crippen molar-refractivity contribution < 1.29 is 4.42 Å². The van der Waals surface area contributed by atoms with Gasteiger partial charge in [0.25, 0.3) is 0 Å². The Morgan fingerprint density at radius 1 is 1.04 bits per heavy atom. The first-order chi connectivity index (χ1) is 11.8. The standard InChI is InChI=1S/C21H22N2O/c1-16-20(22-21(24-16)18-10-6-3-7-11-18)15-23-13-12-19(23)14-17-8-4-2-5-9-17/h2-11,19H,12-15H2,1H3. The molecule has 0 radical (unpaired) electrons. The van der Waals surface area contributed by atoms with Crippen LogP contribution in [0.3, 0.4) is 0 Å². The summed E-state index contributed by atoms with van der Waals surface area (Å²) in [5, 5.41) is 0. The Bertz CT molecular complexity index is 795. The number of oxazole rings is 1. The van der Waals surface area contributed by atoms with Gasteiger partial charge >= 0.3 is 0 Å². The topological polar surface area (TPSA) is 29.3 Å². The summed E-state index contributed by atoms with van der Waals surface area (Å²) in [6, 6.07) is 21.5. The first-order valence-electron chi connectivity index (χ1n) is 8.59. The molecule has 1 aliphatic rings. The second kappa shape index (κ2) is 6.62. The molecular weight excluding hydrogens is 296 g/mol. The molecule has 0 aliphatic carbocycles. The maximum absolute atomic E-state index is 5.89. The van der Waals surface area contributed by atoms with E-state index in [1.807, 2.05) is 37.3 Å². The number of nitrogens with zero attached hydrogens (tertiary/aromatic N) is 2. The van der Waals surface area contributed by atoms with Crippen LogP contribution < -0.4 is 0 Å². The molecule has 122 valence electrons. The predicted octanol–water partition coefficient (Wildman–Crippen LogP) is 4.47. The summed E-state index contributed by atoms with van der Waals surface area (Å²) in [5.74, 6) is 1.66. The van der Waals surface area contributed by atoms with Crippen LogP contribution in [0.5, 0.6) is 0 Å². The molecule has 3 nitrogen and oxygen atoms in total. The lowest BCUT2D eigenvalue weighted by atomic mass is 9.95. The van der Waals surface area contributed by atoms with Crippen molar-refractivity contribution in [1.82, 2.24) is 9.88 Å². The molecular formula is C21H22N2O. The van der Waals surface area contributed by atoms with Gasteiger partial charge in [0.2, 0.25) is 5.89 Å². The van der Waals surface area contributed by atoms with Crippen LogP contribution in [0.15, 0.2) is 65.1 Å². The molecule has 1 aromatic heterocycles. The van der Waals surface area contributed by atoms with Crippen molar-refractivity contribution in [3.05, 3.63) is 77.7 Å². The lowest BCUT2D eigenvalue weighted by molar-refractivity contribution is 0.0803. The van der Waals surface area contributed by atoms with Gasteiger partial charge in [-0.2, -0.15) is 0 Å². The number of hydrogen-bond donors (Lipinski definition) is 0. The number of benzene rings is 2. The fourth-order valence-corrected chi connectivity index (χ4v) is 3.29. The average Bonchev–Trinajstić information content (AvgIpc) is 2.99. The van der Waals surface area contributed by atoms with Crippen molar-refractivity contribution in [2.75, 3.05) is 6.54 Å². The van der Waals surface area contributed by atoms with Gasteiger partial charge in [-0.25, -0.2) is 4.98 Å². The van der Waals surface area contributed by atoms with E-state index >= 15 is 0 Å². The fourth-order valence-electron chi connectivity index (χ4n) is 3.29. The van der Waals surface area contributed by atoms with Crippen LogP contribution in [0.25, 0.3) is 11.5 Å². The van der Waals surface area contributed by atoms with Crippen molar-refractivity contribution in [2.24, 2.45) is 0 Å². The highest BCUT2D eigenvalue weighted by molar-refractivity contribution is 5.53. The Kier molecular flexibility index (Phi) is 4.18. The van der Waals surface area contributed by atoms with E-state index in [-0.39, 0.29) is 0 Å². The summed E-state index contributed by atoms with van der Waals surface area (Å²) in [4.78, 5) is 7.24. The van der Waals surface area contributed by atoms with Crippen LogP contribution in [0, 0.1) is 6.92 Å². The lowest BCUT2D eigenvalue weighted by Crippen LogP contribution is -2.48. The number of hydrogen-bond acceptors (Lipinski definition) is 3. The summed E-state index contributed by atoms with van der Waals surface area (Å²) in [7, 11) is 0. The van der Waals surface area contributed by atoms with E-state index in [1.165, 1.54) is 12.0 Å². The lowest BCUT2D eigenvalue weighted by Gasteiger charge is -2.40. The van der Waals surface area contributed by atoms with E-state index in [4.69, 9.17) is 9.40 Å². The molecule has 4 rings (SSSR count). The second-order valence-electron chi connectivity index (χ2n) is 6.49. The van der Waals surface area contributed by atoms with E-state index in [0.717, 1.165) is 42.4 Å². The summed E-state index contributed by atoms with van der Waals surface area (Å²) < 4.78 is 5.89. The minimum Gasteiger partial charge on any atom is -0.441 e. The van der Waals surface area contributed by atoms with Crippen molar-refractivity contribution in [3.63, 3.8) is 0 Å². The quantitative estimate of drug-likeness (QED) is 0.695. The molecule has 3 aromatic rings. The van der Waals surface area contributed by atoms with Crippen LogP contribution in [0.4, 0.5) is 0 Å². The molecule has 0 saturated carbocycles. The van der Waals surface area contributed by atoms with E-state index in [2.05, 4.69) is 35.2 Å². The minimum atomic E-state index is 0.615. The molecule has 2 heterocycles. The summed E-state index contributed by atoms with van der Waals surface area (Å²) >= 11 is 0. The zero-order valence-corrected chi connectivity index (χ0v) is 14.0. The van der Waals surface area contributed by atoms with Gasteiger partial charge in [0, 0.05) is 24.7 Å². The van der Waals surface area contributed by atoms with Gasteiger partial charge in [-0.3, -0.25) is 4.90 Å². The SMILES string of the molecule is Cc1oc(-c2ccccc2)nc1CN1CCC1Cc1ccccc1. The first kappa shape index (κ1) is 15.2. The highest BCUT2D eigenvalue weighted by Gasteiger charge is 2.29. The van der Waals surface area contributed by atoms with Crippen LogP contribution in [0.2, 0.25) is 0 Å². The Hall–Kier alpha value is -2.39. The highest BCUT2D eigenvalue weighted by atomic mass is 16.4. The van der Waals surface area contributed by atoms with E-state index in [9.17, 15) is 0 Å². The van der Waals surface area contributed by atoms with Crippen LogP contribution in [-0.4, -0.2) is 22.5 Å². The molecule has 1 fully saturated rings. The first-order valence-corrected chi connectivity index (χ1v) is 8.59. The number of aryl methyl sites for hydroxylation is 1. The molecule has 3 heteroatoms. The van der Waals surface area contributed by atoms with Crippen molar-refractivity contribution >= 4 is 0 Å². The molecule has 0 spiro atoms. The van der Waals surface area contributed by atoms with Crippen molar-refractivity contribution in [2.45, 2.75) is 32.4 Å². The zero-order valence-electron chi connectivity index (χ0n) is 14.0. The molecule has 1 unspecified atom stereocenters. The molecule has 0 bridgehead atoms. The van der Waals surface area contributed by atoms with Gasteiger partial charge in [0.15, 0.2) is 0 Å². The normalized spacial score (nSPS) is 17.6. The van der Waals surface area contributed by atoms with Gasteiger partial charge in [-0.05, 0) is 37.5 Å². The van der Waals surface area contributed by atoms with E-state index < -0.39 is 0 Å². The predicted molar refractivity (Wildman–Crippen MR) is 95.6 cm³/mol. The van der Waals surface area contributed by atoms with Gasteiger partial charge in [-0.1, -0.05) is 48.5 Å². The third-order valence-electron chi connectivity index (χ3n) is 4.85. The second-order valence-corrected chi connectivity index (χ2v) is 6.49. The summed E-state index contributed by atoms with van der Waals surface area (Å²) in [6.07, 6.45) is 2.38. The summed E-state index contributed by atoms with van der Waals surface area (Å²) in [5.41, 5.74) is 3.51. The third kappa shape index (κ3) is 3.13. The Balaban J connectivity index is 1.45. The molecule has 2 aromatic carbocycles. The largest absolute Gasteiger partial charge is 0.441 e. The minimum absolute atomic E-state index is 0.615. The number of likely N-dealkylation sites (tertiary alicyclic amines) is 1. The smallest absolute Gasteiger partial charge is 0.226 e. The monoisotopic (exact) mass is 318 g/mol. The zero-order chi connectivity index (χ0) is 16.4. The van der Waals surface area contributed by atoms with Gasteiger partial charge in [0.05, 0.1) is 5.69 Å². The van der Waals surface area contributed by atoms with E-state index in [0.29, 0.717) is 6.04 Å². The Morgan fingerprint density at radius 2 is 1.75 bits per heavy atom. The Labute approximate surface area is 143 Å². The highest BCUT2D eigenvalue weighted by Crippen LogP contribution is 2.27. The summed E-state index contributed by atoms with van der Waals surface area (Å²) in [6.45, 7) is 4.03. The van der Waals surface area contributed by atoms with Gasteiger partial charge in [-0.15, -0.1) is 0 Å². The maximum atomic E-state index is 5.89. The van der Waals surface area contributed by atoms with Crippen LogP contribution >= 0.6 is 0 Å². The third-order valence-corrected chi connectivity index (χ3v) is 4.85. The molecule has 24 heavy (non-hydrogen) atoms. The van der Waals surface area contributed by atoms with Gasteiger partial charge < -0.3 is 4.42 Å². The van der Waals surface area contributed by atoms with E-state index in [1.54, 1.807) is 0 Å². The Morgan fingerprint density at radius 3 is 2.42 bits per heavy atom. The molecule has 1 atom stereocenters. The fraction of sp³-hybridized carbons (Fsp3) is 0.286. The number of aromatic nitrogens is 1. The molecule has 1 aliphatic heterocycles. The number of rotatable bonds is 5. The molecule has 1 saturated heterocycles.